The predicted octanol–water partition coefficient (Wildman–Crippen LogP) is 5.88. The highest BCUT2D eigenvalue weighted by atomic mass is 35.5. The summed E-state index contributed by atoms with van der Waals surface area (Å²) in [5.74, 6) is -1.33. The second kappa shape index (κ2) is 9.94. The maximum atomic E-state index is 13.0. The standard InChI is InChI=1S/C27H23Cl2N3O3/c1-15-4-11-22(17(3)12-15)31-23(33)13-18-6-8-19(9-7-18)30-25-24(29)26(34)32(27(25)35)20-10-5-16(2)21(28)14-20/h4-12,14,30H,13H2,1-3H3,(H,31,33). The molecule has 3 amide bonds. The smallest absolute Gasteiger partial charge is 0.283 e. The molecule has 0 saturated carbocycles. The van der Waals surface area contributed by atoms with Gasteiger partial charge in [-0.3, -0.25) is 14.4 Å². The van der Waals surface area contributed by atoms with E-state index in [1.165, 1.54) is 0 Å². The zero-order valence-electron chi connectivity index (χ0n) is 19.4. The van der Waals surface area contributed by atoms with E-state index in [-0.39, 0.29) is 23.1 Å². The van der Waals surface area contributed by atoms with Crippen LogP contribution in [-0.2, 0) is 20.8 Å². The zero-order chi connectivity index (χ0) is 25.3. The van der Waals surface area contributed by atoms with Gasteiger partial charge in [0, 0.05) is 16.4 Å². The molecular formula is C27H23Cl2N3O3. The van der Waals surface area contributed by atoms with Gasteiger partial charge in [-0.1, -0.05) is 59.1 Å². The zero-order valence-corrected chi connectivity index (χ0v) is 20.9. The summed E-state index contributed by atoms with van der Waals surface area (Å²) < 4.78 is 0. The van der Waals surface area contributed by atoms with Crippen molar-refractivity contribution < 1.29 is 14.4 Å². The topological polar surface area (TPSA) is 78.5 Å². The molecule has 0 spiro atoms. The van der Waals surface area contributed by atoms with Crippen molar-refractivity contribution >= 4 is 58.0 Å². The van der Waals surface area contributed by atoms with Gasteiger partial charge in [0.15, 0.2) is 0 Å². The molecule has 1 aliphatic heterocycles. The Morgan fingerprint density at radius 3 is 2.23 bits per heavy atom. The number of anilines is 3. The number of nitrogens with zero attached hydrogens (tertiary/aromatic N) is 1. The second-order valence-electron chi connectivity index (χ2n) is 8.43. The average molecular weight is 508 g/mol. The van der Waals surface area contributed by atoms with Crippen LogP contribution in [0.2, 0.25) is 5.02 Å². The number of nitrogens with one attached hydrogen (secondary N) is 2. The fourth-order valence-corrected chi connectivity index (χ4v) is 4.14. The summed E-state index contributed by atoms with van der Waals surface area (Å²) in [7, 11) is 0. The van der Waals surface area contributed by atoms with E-state index < -0.39 is 11.8 Å². The van der Waals surface area contributed by atoms with E-state index in [0.29, 0.717) is 16.4 Å². The van der Waals surface area contributed by atoms with Crippen LogP contribution in [0.25, 0.3) is 0 Å². The first kappa shape index (κ1) is 24.5. The minimum Gasteiger partial charge on any atom is -0.350 e. The summed E-state index contributed by atoms with van der Waals surface area (Å²) in [5.41, 5.74) is 5.42. The highest BCUT2D eigenvalue weighted by Crippen LogP contribution is 2.32. The van der Waals surface area contributed by atoms with Gasteiger partial charge in [0.05, 0.1) is 12.1 Å². The summed E-state index contributed by atoms with van der Waals surface area (Å²) in [4.78, 5) is 39.1. The third kappa shape index (κ3) is 5.24. The highest BCUT2D eigenvalue weighted by Gasteiger charge is 2.39. The molecule has 3 aromatic rings. The molecule has 0 radical (unpaired) electrons. The number of carbonyl (C=O) groups excluding carboxylic acids is 3. The monoisotopic (exact) mass is 507 g/mol. The van der Waals surface area contributed by atoms with Crippen molar-refractivity contribution in [2.75, 3.05) is 15.5 Å². The number of hydrogen-bond acceptors (Lipinski definition) is 4. The van der Waals surface area contributed by atoms with Crippen molar-refractivity contribution in [3.63, 3.8) is 0 Å². The fraction of sp³-hybridized carbons (Fsp3) is 0.148. The molecule has 0 aliphatic carbocycles. The van der Waals surface area contributed by atoms with Crippen molar-refractivity contribution in [2.24, 2.45) is 0 Å². The number of carbonyl (C=O) groups is 3. The quantitative estimate of drug-likeness (QED) is 0.408. The van der Waals surface area contributed by atoms with Crippen LogP contribution in [0.15, 0.2) is 71.4 Å². The largest absolute Gasteiger partial charge is 0.350 e. The molecule has 1 heterocycles. The van der Waals surface area contributed by atoms with Crippen LogP contribution in [0.4, 0.5) is 17.1 Å². The van der Waals surface area contributed by atoms with Gasteiger partial charge < -0.3 is 10.6 Å². The molecule has 0 atom stereocenters. The summed E-state index contributed by atoms with van der Waals surface area (Å²) >= 11 is 12.4. The van der Waals surface area contributed by atoms with Crippen LogP contribution < -0.4 is 15.5 Å². The Labute approximate surface area is 213 Å². The van der Waals surface area contributed by atoms with Gasteiger partial charge >= 0.3 is 0 Å². The van der Waals surface area contributed by atoms with Crippen LogP contribution in [0.1, 0.15) is 22.3 Å². The summed E-state index contributed by atoms with van der Waals surface area (Å²) in [5, 5.41) is 6.10. The molecule has 6 nitrogen and oxygen atoms in total. The molecule has 178 valence electrons. The minimum absolute atomic E-state index is 0.0197. The molecule has 1 aliphatic rings. The lowest BCUT2D eigenvalue weighted by Gasteiger charge is -2.16. The molecule has 0 saturated heterocycles. The van der Waals surface area contributed by atoms with Gasteiger partial charge in [-0.15, -0.1) is 0 Å². The first-order chi connectivity index (χ1) is 16.6. The van der Waals surface area contributed by atoms with Gasteiger partial charge in [-0.05, 0) is 67.8 Å². The van der Waals surface area contributed by atoms with Crippen LogP contribution in [0.5, 0.6) is 0 Å². The Hall–Kier alpha value is -3.61. The molecule has 35 heavy (non-hydrogen) atoms. The first-order valence-electron chi connectivity index (χ1n) is 10.9. The predicted molar refractivity (Wildman–Crippen MR) is 140 cm³/mol. The second-order valence-corrected chi connectivity index (χ2v) is 9.22. The number of amides is 3. The van der Waals surface area contributed by atoms with Crippen LogP contribution in [-0.4, -0.2) is 17.7 Å². The molecule has 4 rings (SSSR count). The maximum Gasteiger partial charge on any atom is 0.283 e. The van der Waals surface area contributed by atoms with E-state index in [0.717, 1.165) is 32.8 Å². The SMILES string of the molecule is Cc1ccc(NC(=O)Cc2ccc(NC3=C(Cl)C(=O)N(c4ccc(C)c(Cl)c4)C3=O)cc2)c(C)c1. The van der Waals surface area contributed by atoms with E-state index in [9.17, 15) is 14.4 Å². The summed E-state index contributed by atoms with van der Waals surface area (Å²) in [6.45, 7) is 5.78. The highest BCUT2D eigenvalue weighted by molar-refractivity contribution is 6.53. The van der Waals surface area contributed by atoms with Crippen molar-refractivity contribution in [3.05, 3.63) is 98.7 Å². The van der Waals surface area contributed by atoms with Gasteiger partial charge in [0.1, 0.15) is 10.7 Å². The van der Waals surface area contributed by atoms with Crippen molar-refractivity contribution in [1.82, 2.24) is 0 Å². The van der Waals surface area contributed by atoms with E-state index in [2.05, 4.69) is 10.6 Å². The molecule has 0 bridgehead atoms. The molecular weight excluding hydrogens is 485 g/mol. The van der Waals surface area contributed by atoms with E-state index in [4.69, 9.17) is 23.2 Å². The summed E-state index contributed by atoms with van der Waals surface area (Å²) in [6.07, 6.45) is 0.191. The third-order valence-electron chi connectivity index (χ3n) is 5.68. The first-order valence-corrected chi connectivity index (χ1v) is 11.7. The van der Waals surface area contributed by atoms with Crippen molar-refractivity contribution in [2.45, 2.75) is 27.2 Å². The summed E-state index contributed by atoms with van der Waals surface area (Å²) in [6, 6.07) is 17.8. The molecule has 0 unspecified atom stereocenters. The van der Waals surface area contributed by atoms with Gasteiger partial charge in [-0.25, -0.2) is 4.90 Å². The Bertz CT molecular complexity index is 1380. The number of hydrogen-bond donors (Lipinski definition) is 2. The fourth-order valence-electron chi connectivity index (χ4n) is 3.75. The van der Waals surface area contributed by atoms with Crippen LogP contribution in [0.3, 0.4) is 0 Å². The van der Waals surface area contributed by atoms with E-state index in [1.54, 1.807) is 42.5 Å². The lowest BCUT2D eigenvalue weighted by atomic mass is 10.1. The van der Waals surface area contributed by atoms with E-state index >= 15 is 0 Å². The number of benzene rings is 3. The maximum absolute atomic E-state index is 13.0. The van der Waals surface area contributed by atoms with Crippen LogP contribution in [0, 0.1) is 20.8 Å². The number of aryl methyl sites for hydroxylation is 3. The van der Waals surface area contributed by atoms with E-state index in [1.807, 2.05) is 39.0 Å². The molecule has 0 fully saturated rings. The van der Waals surface area contributed by atoms with Crippen molar-refractivity contribution in [1.29, 1.82) is 0 Å². The molecule has 3 aromatic carbocycles. The number of halogens is 2. The Balaban J connectivity index is 1.43. The van der Waals surface area contributed by atoms with Gasteiger partial charge in [-0.2, -0.15) is 0 Å². The van der Waals surface area contributed by atoms with Crippen LogP contribution >= 0.6 is 23.2 Å². The third-order valence-corrected chi connectivity index (χ3v) is 6.44. The lowest BCUT2D eigenvalue weighted by Crippen LogP contribution is -2.32. The van der Waals surface area contributed by atoms with Gasteiger partial charge in [0.2, 0.25) is 5.91 Å². The molecule has 2 N–H and O–H groups in total. The Morgan fingerprint density at radius 2 is 1.57 bits per heavy atom. The minimum atomic E-state index is -0.626. The molecule has 8 heteroatoms. The average Bonchev–Trinajstić information content (AvgIpc) is 3.02. The number of imide groups is 1. The van der Waals surface area contributed by atoms with Gasteiger partial charge in [0.25, 0.3) is 11.8 Å². The Morgan fingerprint density at radius 1 is 0.857 bits per heavy atom. The Kier molecular flexibility index (Phi) is 6.96. The van der Waals surface area contributed by atoms with Crippen molar-refractivity contribution in [3.8, 4) is 0 Å². The lowest BCUT2D eigenvalue weighted by molar-refractivity contribution is -0.120. The molecule has 0 aromatic heterocycles. The normalized spacial score (nSPS) is 13.5. The number of rotatable bonds is 6.